The Bertz CT molecular complexity index is 611. The van der Waals surface area contributed by atoms with Crippen molar-refractivity contribution in [2.75, 3.05) is 5.32 Å². The summed E-state index contributed by atoms with van der Waals surface area (Å²) in [5.41, 5.74) is 9.35. The maximum Gasteiger partial charge on any atom is 0.123 e. The number of halogens is 1. The molecule has 0 amide bonds. The largest absolute Gasteiger partial charge is 0.389 e. The van der Waals surface area contributed by atoms with E-state index < -0.39 is 0 Å². The fourth-order valence-electron chi connectivity index (χ4n) is 1.95. The summed E-state index contributed by atoms with van der Waals surface area (Å²) in [6.07, 6.45) is 0. The number of para-hydroxylation sites is 1. The van der Waals surface area contributed by atoms with Crippen LogP contribution in [0.5, 0.6) is 0 Å². The van der Waals surface area contributed by atoms with Crippen LogP contribution in [-0.4, -0.2) is 4.99 Å². The lowest BCUT2D eigenvalue weighted by atomic mass is 10.1. The van der Waals surface area contributed by atoms with E-state index in [0.717, 1.165) is 22.4 Å². The van der Waals surface area contributed by atoms with E-state index >= 15 is 0 Å². The van der Waals surface area contributed by atoms with Crippen LogP contribution >= 0.6 is 12.2 Å². The smallest absolute Gasteiger partial charge is 0.123 e. The average molecular weight is 274 g/mol. The lowest BCUT2D eigenvalue weighted by molar-refractivity contribution is 0.626. The summed E-state index contributed by atoms with van der Waals surface area (Å²) < 4.78 is 13.1. The number of nitrogens with two attached hydrogens (primary N) is 1. The molecule has 2 rings (SSSR count). The Morgan fingerprint density at radius 3 is 2.68 bits per heavy atom. The Balaban J connectivity index is 2.22. The van der Waals surface area contributed by atoms with Crippen molar-refractivity contribution in [2.45, 2.75) is 13.5 Å². The molecule has 0 bridgehead atoms. The molecule has 0 aliphatic carbocycles. The molecule has 2 aromatic carbocycles. The van der Waals surface area contributed by atoms with Gasteiger partial charge in [0.2, 0.25) is 0 Å². The zero-order valence-corrected chi connectivity index (χ0v) is 11.4. The lowest BCUT2D eigenvalue weighted by Crippen LogP contribution is -2.14. The van der Waals surface area contributed by atoms with Crippen LogP contribution in [0.2, 0.25) is 0 Å². The normalized spacial score (nSPS) is 10.2. The maximum absolute atomic E-state index is 13.1. The Labute approximate surface area is 117 Å². The first-order valence-electron chi connectivity index (χ1n) is 5.95. The van der Waals surface area contributed by atoms with Crippen molar-refractivity contribution in [1.29, 1.82) is 0 Å². The van der Waals surface area contributed by atoms with Gasteiger partial charge in [-0.2, -0.15) is 0 Å². The highest BCUT2D eigenvalue weighted by Crippen LogP contribution is 2.21. The fourth-order valence-corrected chi connectivity index (χ4v) is 2.12. The predicted octanol–water partition coefficient (Wildman–Crippen LogP) is 3.38. The van der Waals surface area contributed by atoms with E-state index in [1.807, 2.05) is 31.2 Å². The molecule has 0 heterocycles. The minimum atomic E-state index is -0.237. The van der Waals surface area contributed by atoms with E-state index in [4.69, 9.17) is 18.0 Å². The average Bonchev–Trinajstić information content (AvgIpc) is 2.37. The summed E-state index contributed by atoms with van der Waals surface area (Å²) in [6, 6.07) is 12.3. The summed E-state index contributed by atoms with van der Waals surface area (Å²) in [4.78, 5) is 0.352. The first-order chi connectivity index (χ1) is 9.08. The van der Waals surface area contributed by atoms with E-state index in [2.05, 4.69) is 5.32 Å². The molecule has 0 fully saturated rings. The molecule has 0 aliphatic heterocycles. The van der Waals surface area contributed by atoms with Crippen molar-refractivity contribution in [3.05, 3.63) is 65.0 Å². The van der Waals surface area contributed by atoms with Gasteiger partial charge in [0, 0.05) is 17.8 Å². The van der Waals surface area contributed by atoms with E-state index in [-0.39, 0.29) is 5.82 Å². The second-order valence-corrected chi connectivity index (χ2v) is 4.79. The van der Waals surface area contributed by atoms with Gasteiger partial charge in [-0.25, -0.2) is 4.39 Å². The van der Waals surface area contributed by atoms with Gasteiger partial charge in [-0.15, -0.1) is 0 Å². The van der Waals surface area contributed by atoms with Gasteiger partial charge in [-0.3, -0.25) is 0 Å². The Morgan fingerprint density at radius 1 is 1.26 bits per heavy atom. The van der Waals surface area contributed by atoms with E-state index in [0.29, 0.717) is 11.5 Å². The minimum absolute atomic E-state index is 0.237. The van der Waals surface area contributed by atoms with Gasteiger partial charge in [0.1, 0.15) is 10.8 Å². The van der Waals surface area contributed by atoms with Crippen molar-refractivity contribution in [2.24, 2.45) is 5.73 Å². The number of benzene rings is 2. The summed E-state index contributed by atoms with van der Waals surface area (Å²) in [7, 11) is 0. The molecule has 19 heavy (non-hydrogen) atoms. The SMILES string of the molecule is Cc1cccc(C(N)=S)c1NCc1cccc(F)c1. The zero-order valence-electron chi connectivity index (χ0n) is 10.6. The Morgan fingerprint density at radius 2 is 2.00 bits per heavy atom. The van der Waals surface area contributed by atoms with E-state index in [1.165, 1.54) is 12.1 Å². The van der Waals surface area contributed by atoms with Crippen molar-refractivity contribution in [3.8, 4) is 0 Å². The third-order valence-corrected chi connectivity index (χ3v) is 3.12. The number of hydrogen-bond acceptors (Lipinski definition) is 2. The molecule has 0 radical (unpaired) electrons. The highest BCUT2D eigenvalue weighted by Gasteiger charge is 2.07. The molecule has 3 N–H and O–H groups in total. The van der Waals surface area contributed by atoms with E-state index in [1.54, 1.807) is 6.07 Å². The standard InChI is InChI=1S/C15H15FN2S/c1-10-4-2-7-13(15(17)19)14(10)18-9-11-5-3-6-12(16)8-11/h2-8,18H,9H2,1H3,(H2,17,19). The molecular weight excluding hydrogens is 259 g/mol. The van der Waals surface area contributed by atoms with Gasteiger partial charge in [0.05, 0.1) is 0 Å². The lowest BCUT2D eigenvalue weighted by Gasteiger charge is -2.14. The number of rotatable bonds is 4. The molecule has 0 saturated heterocycles. The van der Waals surface area contributed by atoms with Crippen LogP contribution in [0.4, 0.5) is 10.1 Å². The van der Waals surface area contributed by atoms with Crippen molar-refractivity contribution in [3.63, 3.8) is 0 Å². The van der Waals surface area contributed by atoms with Gasteiger partial charge in [-0.1, -0.05) is 36.5 Å². The van der Waals surface area contributed by atoms with Crippen molar-refractivity contribution < 1.29 is 4.39 Å². The molecule has 0 aromatic heterocycles. The maximum atomic E-state index is 13.1. The van der Waals surface area contributed by atoms with Crippen LogP contribution in [0.3, 0.4) is 0 Å². The van der Waals surface area contributed by atoms with Gasteiger partial charge < -0.3 is 11.1 Å². The number of aryl methyl sites for hydroxylation is 1. The summed E-state index contributed by atoms with van der Waals surface area (Å²) in [5, 5.41) is 3.27. The molecule has 98 valence electrons. The molecule has 0 atom stereocenters. The third kappa shape index (κ3) is 3.29. The summed E-state index contributed by atoms with van der Waals surface area (Å²) in [6.45, 7) is 2.51. The van der Waals surface area contributed by atoms with Gasteiger partial charge in [0.25, 0.3) is 0 Å². The van der Waals surface area contributed by atoms with Crippen LogP contribution in [0, 0.1) is 12.7 Å². The van der Waals surface area contributed by atoms with E-state index in [9.17, 15) is 4.39 Å². The summed E-state index contributed by atoms with van der Waals surface area (Å²) in [5.74, 6) is -0.237. The fraction of sp³-hybridized carbons (Fsp3) is 0.133. The number of hydrogen-bond donors (Lipinski definition) is 2. The zero-order chi connectivity index (χ0) is 13.8. The molecule has 2 aromatic rings. The van der Waals surface area contributed by atoms with Crippen molar-refractivity contribution >= 4 is 22.9 Å². The minimum Gasteiger partial charge on any atom is -0.389 e. The monoisotopic (exact) mass is 274 g/mol. The summed E-state index contributed by atoms with van der Waals surface area (Å²) >= 11 is 5.04. The third-order valence-electron chi connectivity index (χ3n) is 2.90. The van der Waals surface area contributed by atoms with Crippen LogP contribution in [-0.2, 0) is 6.54 Å². The van der Waals surface area contributed by atoms with Crippen LogP contribution in [0.25, 0.3) is 0 Å². The first kappa shape index (κ1) is 13.5. The number of anilines is 1. The molecule has 2 nitrogen and oxygen atoms in total. The second-order valence-electron chi connectivity index (χ2n) is 4.35. The van der Waals surface area contributed by atoms with Crippen LogP contribution < -0.4 is 11.1 Å². The molecule has 0 spiro atoms. The predicted molar refractivity (Wildman–Crippen MR) is 80.8 cm³/mol. The van der Waals surface area contributed by atoms with Gasteiger partial charge in [0.15, 0.2) is 0 Å². The molecule has 0 saturated carbocycles. The molecule has 4 heteroatoms. The Hall–Kier alpha value is -1.94. The molecule has 0 unspecified atom stereocenters. The van der Waals surface area contributed by atoms with Gasteiger partial charge >= 0.3 is 0 Å². The highest BCUT2D eigenvalue weighted by molar-refractivity contribution is 7.80. The molecular formula is C15H15FN2S. The topological polar surface area (TPSA) is 38.0 Å². The van der Waals surface area contributed by atoms with Gasteiger partial charge in [-0.05, 0) is 36.2 Å². The second kappa shape index (κ2) is 5.80. The first-order valence-corrected chi connectivity index (χ1v) is 6.36. The molecule has 0 aliphatic rings. The number of nitrogens with one attached hydrogen (secondary N) is 1. The van der Waals surface area contributed by atoms with Crippen LogP contribution in [0.1, 0.15) is 16.7 Å². The van der Waals surface area contributed by atoms with Crippen molar-refractivity contribution in [1.82, 2.24) is 0 Å². The van der Waals surface area contributed by atoms with Crippen LogP contribution in [0.15, 0.2) is 42.5 Å². The number of thiocarbonyl (C=S) groups is 1. The quantitative estimate of drug-likeness (QED) is 0.839. The highest BCUT2D eigenvalue weighted by atomic mass is 32.1. The Kier molecular flexibility index (Phi) is 4.12.